The molecule has 0 saturated heterocycles. The van der Waals surface area contributed by atoms with E-state index in [2.05, 4.69) is 0 Å². The molecule has 1 aromatic carbocycles. The van der Waals surface area contributed by atoms with E-state index in [1.807, 2.05) is 6.07 Å². The van der Waals surface area contributed by atoms with Gasteiger partial charge < -0.3 is 4.74 Å². The van der Waals surface area contributed by atoms with Crippen molar-refractivity contribution in [3.63, 3.8) is 0 Å². The van der Waals surface area contributed by atoms with E-state index in [9.17, 15) is 9.18 Å². The van der Waals surface area contributed by atoms with E-state index >= 15 is 0 Å². The van der Waals surface area contributed by atoms with E-state index < -0.39 is 5.60 Å². The van der Waals surface area contributed by atoms with Gasteiger partial charge in [0.2, 0.25) is 0 Å². The van der Waals surface area contributed by atoms with Crippen LogP contribution in [0.4, 0.5) is 4.39 Å². The number of hydrogen-bond acceptors (Lipinski definition) is 4. The summed E-state index contributed by atoms with van der Waals surface area (Å²) in [4.78, 5) is 13.3. The monoisotopic (exact) mass is 278 g/mol. The third kappa shape index (κ3) is 5.37. The molecule has 0 bridgehead atoms. The predicted octanol–water partition coefficient (Wildman–Crippen LogP) is 2.47. The van der Waals surface area contributed by atoms with Crippen LogP contribution in [0.25, 0.3) is 0 Å². The number of carbonyl (C=O) groups is 1. The maximum atomic E-state index is 13.6. The lowest BCUT2D eigenvalue weighted by molar-refractivity contribution is -0.155. The summed E-state index contributed by atoms with van der Waals surface area (Å²) in [7, 11) is 1.70. The molecule has 0 atom stereocenters. The van der Waals surface area contributed by atoms with Gasteiger partial charge >= 0.3 is 5.97 Å². The van der Waals surface area contributed by atoms with Gasteiger partial charge in [-0.05, 0) is 46.0 Å². The molecule has 0 saturated carbocycles. The first kappa shape index (κ1) is 16.1. The van der Waals surface area contributed by atoms with Gasteiger partial charge in [-0.1, -0.05) is 0 Å². The van der Waals surface area contributed by atoms with Crippen LogP contribution in [-0.2, 0) is 16.1 Å². The van der Waals surface area contributed by atoms with Crippen molar-refractivity contribution in [2.24, 2.45) is 0 Å². The molecule has 0 amide bonds. The predicted molar refractivity (Wildman–Crippen MR) is 73.3 cm³/mol. The summed E-state index contributed by atoms with van der Waals surface area (Å²) >= 11 is 0. The van der Waals surface area contributed by atoms with Gasteiger partial charge in [0.1, 0.15) is 11.4 Å². The molecule has 0 N–H and O–H groups in total. The van der Waals surface area contributed by atoms with Gasteiger partial charge in [-0.25, -0.2) is 4.39 Å². The van der Waals surface area contributed by atoms with Gasteiger partial charge in [-0.2, -0.15) is 5.26 Å². The first-order chi connectivity index (χ1) is 9.21. The molecular weight excluding hydrogens is 259 g/mol. The largest absolute Gasteiger partial charge is 0.459 e. The minimum absolute atomic E-state index is 0.0630. The van der Waals surface area contributed by atoms with Gasteiger partial charge in [-0.15, -0.1) is 0 Å². The Morgan fingerprint density at radius 3 is 2.65 bits per heavy atom. The highest BCUT2D eigenvalue weighted by atomic mass is 19.1. The fraction of sp³-hybridized carbons (Fsp3) is 0.467. The van der Waals surface area contributed by atoms with Crippen LogP contribution in [0.15, 0.2) is 18.2 Å². The molecule has 0 aliphatic rings. The Kier molecular flexibility index (Phi) is 5.23. The number of nitrogens with zero attached hydrogens (tertiary/aromatic N) is 2. The van der Waals surface area contributed by atoms with E-state index in [0.29, 0.717) is 11.1 Å². The average molecular weight is 278 g/mol. The summed E-state index contributed by atoms with van der Waals surface area (Å²) in [5.74, 6) is -0.753. The standard InChI is InChI=1S/C15H19FN2O2/c1-15(2,3)20-14(19)10-18(4)9-12-7-11(8-17)5-6-13(12)16/h5-7H,9-10H2,1-4H3. The van der Waals surface area contributed by atoms with Crippen LogP contribution >= 0.6 is 0 Å². The van der Waals surface area contributed by atoms with E-state index in [1.54, 1.807) is 32.7 Å². The molecule has 108 valence electrons. The fourth-order valence-corrected chi connectivity index (χ4v) is 1.71. The first-order valence-electron chi connectivity index (χ1n) is 6.30. The number of rotatable bonds is 4. The maximum Gasteiger partial charge on any atom is 0.320 e. The van der Waals surface area contributed by atoms with Crippen LogP contribution in [0.5, 0.6) is 0 Å². The smallest absolute Gasteiger partial charge is 0.320 e. The van der Waals surface area contributed by atoms with Gasteiger partial charge in [-0.3, -0.25) is 9.69 Å². The SMILES string of the molecule is CN(CC(=O)OC(C)(C)C)Cc1cc(C#N)ccc1F. The summed E-state index contributed by atoms with van der Waals surface area (Å²) in [6, 6.07) is 6.13. The van der Waals surface area contributed by atoms with Crippen molar-refractivity contribution in [2.75, 3.05) is 13.6 Å². The number of esters is 1. The fourth-order valence-electron chi connectivity index (χ4n) is 1.71. The van der Waals surface area contributed by atoms with Crippen molar-refractivity contribution in [1.29, 1.82) is 5.26 Å². The van der Waals surface area contributed by atoms with Crippen LogP contribution < -0.4 is 0 Å². The molecular formula is C15H19FN2O2. The summed E-state index contributed by atoms with van der Waals surface area (Å²) in [5, 5.41) is 8.80. The number of benzene rings is 1. The molecule has 0 aliphatic heterocycles. The topological polar surface area (TPSA) is 53.3 Å². The van der Waals surface area contributed by atoms with Crippen LogP contribution in [-0.4, -0.2) is 30.1 Å². The van der Waals surface area contributed by atoms with Crippen molar-refractivity contribution < 1.29 is 13.9 Å². The van der Waals surface area contributed by atoms with Crippen molar-refractivity contribution in [1.82, 2.24) is 4.90 Å². The minimum Gasteiger partial charge on any atom is -0.459 e. The third-order valence-electron chi connectivity index (χ3n) is 2.43. The van der Waals surface area contributed by atoms with Crippen molar-refractivity contribution in [2.45, 2.75) is 32.9 Å². The summed E-state index contributed by atoms with van der Waals surface area (Å²) in [6.07, 6.45) is 0. The van der Waals surface area contributed by atoms with Crippen molar-refractivity contribution in [3.05, 3.63) is 35.1 Å². The third-order valence-corrected chi connectivity index (χ3v) is 2.43. The quantitative estimate of drug-likeness (QED) is 0.794. The lowest BCUT2D eigenvalue weighted by atomic mass is 10.1. The zero-order valence-electron chi connectivity index (χ0n) is 12.2. The normalized spacial score (nSPS) is 11.2. The van der Waals surface area contributed by atoms with E-state index in [-0.39, 0.29) is 24.9 Å². The highest BCUT2D eigenvalue weighted by Gasteiger charge is 2.18. The number of carbonyl (C=O) groups excluding carboxylic acids is 1. The summed E-state index contributed by atoms with van der Waals surface area (Å²) < 4.78 is 18.8. The zero-order chi connectivity index (χ0) is 15.3. The molecule has 0 heterocycles. The van der Waals surface area contributed by atoms with Gasteiger partial charge in [0.05, 0.1) is 18.2 Å². The Morgan fingerprint density at radius 1 is 1.45 bits per heavy atom. The molecule has 4 nitrogen and oxygen atoms in total. The second-order valence-electron chi connectivity index (χ2n) is 5.68. The molecule has 0 aromatic heterocycles. The lowest BCUT2D eigenvalue weighted by Crippen LogP contribution is -2.32. The molecule has 0 spiro atoms. The second kappa shape index (κ2) is 6.49. The van der Waals surface area contributed by atoms with Gasteiger partial charge in [0, 0.05) is 12.1 Å². The van der Waals surface area contributed by atoms with Crippen LogP contribution in [0.2, 0.25) is 0 Å². The van der Waals surface area contributed by atoms with Gasteiger partial charge in [0.15, 0.2) is 0 Å². The summed E-state index contributed by atoms with van der Waals surface area (Å²) in [5.41, 5.74) is 0.242. The molecule has 1 rings (SSSR count). The summed E-state index contributed by atoms with van der Waals surface area (Å²) in [6.45, 7) is 5.68. The van der Waals surface area contributed by atoms with Crippen molar-refractivity contribution in [3.8, 4) is 6.07 Å². The van der Waals surface area contributed by atoms with Crippen LogP contribution in [0.3, 0.4) is 0 Å². The van der Waals surface area contributed by atoms with Gasteiger partial charge in [0.25, 0.3) is 0 Å². The Balaban J connectivity index is 2.65. The molecule has 5 heteroatoms. The van der Waals surface area contributed by atoms with E-state index in [0.717, 1.165) is 0 Å². The van der Waals surface area contributed by atoms with Crippen LogP contribution in [0, 0.1) is 17.1 Å². The second-order valence-corrected chi connectivity index (χ2v) is 5.68. The minimum atomic E-state index is -0.538. The lowest BCUT2D eigenvalue weighted by Gasteiger charge is -2.22. The van der Waals surface area contributed by atoms with Crippen LogP contribution in [0.1, 0.15) is 31.9 Å². The number of nitriles is 1. The van der Waals surface area contributed by atoms with E-state index in [1.165, 1.54) is 18.2 Å². The Bertz CT molecular complexity index is 530. The Labute approximate surface area is 118 Å². The Hall–Kier alpha value is -1.93. The number of ether oxygens (including phenoxy) is 1. The number of likely N-dealkylation sites (N-methyl/N-ethyl adjacent to an activating group) is 1. The number of halogens is 1. The molecule has 0 unspecified atom stereocenters. The number of hydrogen-bond donors (Lipinski definition) is 0. The maximum absolute atomic E-state index is 13.6. The van der Waals surface area contributed by atoms with Crippen molar-refractivity contribution >= 4 is 5.97 Å². The molecule has 0 aliphatic carbocycles. The average Bonchev–Trinajstić information content (AvgIpc) is 2.29. The first-order valence-corrected chi connectivity index (χ1v) is 6.30. The Morgan fingerprint density at radius 2 is 2.10 bits per heavy atom. The van der Waals surface area contributed by atoms with E-state index in [4.69, 9.17) is 10.00 Å². The molecule has 0 fully saturated rings. The zero-order valence-corrected chi connectivity index (χ0v) is 12.2. The highest BCUT2D eigenvalue weighted by molar-refractivity contribution is 5.72. The highest BCUT2D eigenvalue weighted by Crippen LogP contribution is 2.13. The molecule has 1 aromatic rings. The molecule has 0 radical (unpaired) electrons. The molecule has 20 heavy (non-hydrogen) atoms.